The molecule has 1 aliphatic heterocycles. The monoisotopic (exact) mass is 324 g/mol. The van der Waals surface area contributed by atoms with Gasteiger partial charge in [-0.3, -0.25) is 4.79 Å². The molecule has 1 aliphatic rings. The number of piperidine rings is 1. The largest absolute Gasteiger partial charge is 0.394 e. The molecule has 4 rings (SSSR count). The van der Waals surface area contributed by atoms with Crippen molar-refractivity contribution in [2.45, 2.75) is 32.2 Å². The highest BCUT2D eigenvalue weighted by molar-refractivity contribution is 6.13. The van der Waals surface area contributed by atoms with Crippen molar-refractivity contribution >= 4 is 33.5 Å². The highest BCUT2D eigenvalue weighted by atomic mass is 16.3. The third-order valence-corrected chi connectivity index (χ3v) is 4.89. The summed E-state index contributed by atoms with van der Waals surface area (Å²) >= 11 is 0. The lowest BCUT2D eigenvalue weighted by Crippen LogP contribution is -2.42. The number of H-pyrrole nitrogens is 1. The number of aliphatic hydroxyl groups excluding tert-OH is 1. The van der Waals surface area contributed by atoms with Crippen LogP contribution in [0.2, 0.25) is 0 Å². The number of ketones is 1. The molecule has 1 unspecified atom stereocenters. The average molecular weight is 324 g/mol. The van der Waals surface area contributed by atoms with E-state index in [1.807, 2.05) is 18.2 Å². The molecule has 0 amide bonds. The van der Waals surface area contributed by atoms with Crippen LogP contribution in [-0.4, -0.2) is 45.0 Å². The topological polar surface area (TPSA) is 82.1 Å². The molecule has 1 fully saturated rings. The van der Waals surface area contributed by atoms with Gasteiger partial charge in [-0.1, -0.05) is 0 Å². The predicted molar refractivity (Wildman–Crippen MR) is 93.5 cm³/mol. The van der Waals surface area contributed by atoms with Crippen molar-refractivity contribution in [3.05, 3.63) is 30.1 Å². The summed E-state index contributed by atoms with van der Waals surface area (Å²) in [5.74, 6) is 0.876. The molecular weight excluding hydrogens is 304 g/mol. The molecule has 0 aliphatic carbocycles. The molecule has 1 aromatic carbocycles. The molecule has 3 aromatic rings. The number of carbonyl (C=O) groups excluding carboxylic acids is 1. The third-order valence-electron chi connectivity index (χ3n) is 4.89. The van der Waals surface area contributed by atoms with Crippen molar-refractivity contribution in [2.24, 2.45) is 0 Å². The number of hydrogen-bond donors (Lipinski definition) is 2. The van der Waals surface area contributed by atoms with Crippen molar-refractivity contribution < 1.29 is 9.90 Å². The number of nitrogens with one attached hydrogen (secondary N) is 1. The molecular formula is C18H20N4O2. The quantitative estimate of drug-likeness (QED) is 0.724. The van der Waals surface area contributed by atoms with Crippen LogP contribution in [-0.2, 0) is 0 Å². The number of aromatic amines is 1. The van der Waals surface area contributed by atoms with Crippen molar-refractivity contribution in [3.8, 4) is 0 Å². The van der Waals surface area contributed by atoms with Gasteiger partial charge in [-0.05, 0) is 44.4 Å². The molecule has 2 aromatic heterocycles. The van der Waals surface area contributed by atoms with Gasteiger partial charge in [0.25, 0.3) is 0 Å². The summed E-state index contributed by atoms with van der Waals surface area (Å²) in [6.07, 6.45) is 4.73. The smallest absolute Gasteiger partial charge is 0.159 e. The summed E-state index contributed by atoms with van der Waals surface area (Å²) < 4.78 is 0. The third kappa shape index (κ3) is 2.34. The Morgan fingerprint density at radius 3 is 3.04 bits per heavy atom. The molecule has 0 radical (unpaired) electrons. The van der Waals surface area contributed by atoms with Crippen LogP contribution in [0.3, 0.4) is 0 Å². The van der Waals surface area contributed by atoms with E-state index in [0.717, 1.165) is 53.6 Å². The second-order valence-electron chi connectivity index (χ2n) is 6.39. The maximum absolute atomic E-state index is 11.7. The minimum atomic E-state index is 0.0378. The number of hydrogen-bond acceptors (Lipinski definition) is 5. The van der Waals surface area contributed by atoms with Gasteiger partial charge in [0.15, 0.2) is 5.78 Å². The van der Waals surface area contributed by atoms with E-state index in [4.69, 9.17) is 0 Å². The fourth-order valence-corrected chi connectivity index (χ4v) is 3.61. The minimum Gasteiger partial charge on any atom is -0.394 e. The van der Waals surface area contributed by atoms with Crippen LogP contribution in [0.15, 0.2) is 24.5 Å². The Hall–Kier alpha value is -2.47. The Morgan fingerprint density at radius 1 is 1.38 bits per heavy atom. The van der Waals surface area contributed by atoms with Gasteiger partial charge in [0, 0.05) is 23.0 Å². The maximum atomic E-state index is 11.7. The molecule has 24 heavy (non-hydrogen) atoms. The van der Waals surface area contributed by atoms with Crippen molar-refractivity contribution in [2.75, 3.05) is 18.1 Å². The summed E-state index contributed by atoms with van der Waals surface area (Å²) in [5, 5.41) is 11.6. The molecule has 0 bridgehead atoms. The van der Waals surface area contributed by atoms with Crippen LogP contribution >= 0.6 is 0 Å². The first-order chi connectivity index (χ1) is 11.7. The second-order valence-corrected chi connectivity index (χ2v) is 6.39. The molecule has 6 nitrogen and oxygen atoms in total. The lowest BCUT2D eigenvalue weighted by Gasteiger charge is -2.35. The molecule has 1 saturated heterocycles. The molecule has 6 heteroatoms. The lowest BCUT2D eigenvalue weighted by atomic mass is 10.0. The number of fused-ring (bicyclic) bond motifs is 3. The van der Waals surface area contributed by atoms with E-state index in [1.54, 1.807) is 13.3 Å². The van der Waals surface area contributed by atoms with E-state index in [0.29, 0.717) is 5.56 Å². The Morgan fingerprint density at radius 2 is 2.25 bits per heavy atom. The van der Waals surface area contributed by atoms with E-state index in [-0.39, 0.29) is 18.4 Å². The Bertz CT molecular complexity index is 918. The second kappa shape index (κ2) is 5.87. The van der Waals surface area contributed by atoms with Crippen molar-refractivity contribution in [3.63, 3.8) is 0 Å². The standard InChI is InChI=1S/C18H20N4O2/c1-11(24)12-5-6-15-14(8-12)16-17(21-15)19-10-20-18(16)22-7-3-2-4-13(22)9-23/h5-6,8,10,13,23H,2-4,7,9H2,1H3,(H,19,20,21). The number of nitrogens with zero attached hydrogens (tertiary/aromatic N) is 3. The molecule has 0 saturated carbocycles. The van der Waals surface area contributed by atoms with Crippen LogP contribution in [0, 0.1) is 0 Å². The Labute approximate surface area is 139 Å². The number of rotatable bonds is 3. The van der Waals surface area contributed by atoms with Crippen LogP contribution < -0.4 is 4.90 Å². The predicted octanol–water partition coefficient (Wildman–Crippen LogP) is 2.66. The summed E-state index contributed by atoms with van der Waals surface area (Å²) in [7, 11) is 0. The summed E-state index contributed by atoms with van der Waals surface area (Å²) in [6, 6.07) is 5.72. The molecule has 0 spiro atoms. The zero-order valence-electron chi connectivity index (χ0n) is 13.6. The first-order valence-corrected chi connectivity index (χ1v) is 8.34. The van der Waals surface area contributed by atoms with Crippen LogP contribution in [0.5, 0.6) is 0 Å². The van der Waals surface area contributed by atoms with Crippen LogP contribution in [0.4, 0.5) is 5.82 Å². The van der Waals surface area contributed by atoms with Gasteiger partial charge in [0.1, 0.15) is 17.8 Å². The van der Waals surface area contributed by atoms with E-state index in [1.165, 1.54) is 0 Å². The van der Waals surface area contributed by atoms with Gasteiger partial charge in [0.2, 0.25) is 0 Å². The van der Waals surface area contributed by atoms with Crippen molar-refractivity contribution in [1.82, 2.24) is 15.0 Å². The molecule has 2 N–H and O–H groups in total. The van der Waals surface area contributed by atoms with Gasteiger partial charge >= 0.3 is 0 Å². The van der Waals surface area contributed by atoms with Crippen LogP contribution in [0.1, 0.15) is 36.5 Å². The summed E-state index contributed by atoms with van der Waals surface area (Å²) in [4.78, 5) is 26.1. The van der Waals surface area contributed by atoms with Gasteiger partial charge in [-0.2, -0.15) is 0 Å². The van der Waals surface area contributed by atoms with Crippen LogP contribution in [0.25, 0.3) is 21.9 Å². The maximum Gasteiger partial charge on any atom is 0.159 e. The van der Waals surface area contributed by atoms with Gasteiger partial charge in [-0.15, -0.1) is 0 Å². The highest BCUT2D eigenvalue weighted by Gasteiger charge is 2.26. The zero-order chi connectivity index (χ0) is 16.7. The van der Waals surface area contributed by atoms with E-state index < -0.39 is 0 Å². The number of carbonyl (C=O) groups is 1. The van der Waals surface area contributed by atoms with E-state index in [9.17, 15) is 9.90 Å². The Balaban J connectivity index is 1.96. The van der Waals surface area contributed by atoms with E-state index in [2.05, 4.69) is 19.9 Å². The average Bonchev–Trinajstić information content (AvgIpc) is 2.99. The first kappa shape index (κ1) is 15.1. The number of aromatic nitrogens is 3. The number of Topliss-reactive ketones (excluding diaryl/α,β-unsaturated/α-hetero) is 1. The van der Waals surface area contributed by atoms with Gasteiger partial charge < -0.3 is 15.0 Å². The SMILES string of the molecule is CC(=O)c1ccc2[nH]c3ncnc(N4CCCCC4CO)c3c2c1. The normalized spacial score (nSPS) is 18.4. The van der Waals surface area contributed by atoms with Gasteiger partial charge in [0.05, 0.1) is 18.0 Å². The van der Waals surface area contributed by atoms with Crippen molar-refractivity contribution in [1.29, 1.82) is 0 Å². The van der Waals surface area contributed by atoms with E-state index >= 15 is 0 Å². The number of benzene rings is 1. The number of anilines is 1. The summed E-state index contributed by atoms with van der Waals surface area (Å²) in [6.45, 7) is 2.56. The lowest BCUT2D eigenvalue weighted by molar-refractivity contribution is 0.101. The zero-order valence-corrected chi connectivity index (χ0v) is 13.6. The summed E-state index contributed by atoms with van der Waals surface area (Å²) in [5.41, 5.74) is 2.38. The molecule has 3 heterocycles. The fourth-order valence-electron chi connectivity index (χ4n) is 3.61. The highest BCUT2D eigenvalue weighted by Crippen LogP contribution is 2.34. The fraction of sp³-hybridized carbons (Fsp3) is 0.389. The first-order valence-electron chi connectivity index (χ1n) is 8.34. The number of aliphatic hydroxyl groups is 1. The molecule has 1 atom stereocenters. The van der Waals surface area contributed by atoms with Gasteiger partial charge in [-0.25, -0.2) is 9.97 Å². The minimum absolute atomic E-state index is 0.0378. The molecule has 124 valence electrons. The Kier molecular flexibility index (Phi) is 3.69.